The molecular weight excluding hydrogens is 785 g/mol. The summed E-state index contributed by atoms with van der Waals surface area (Å²) in [7, 11) is 0. The van der Waals surface area contributed by atoms with E-state index in [-0.39, 0.29) is 0 Å². The third-order valence-corrected chi connectivity index (χ3v) is 13.5. The van der Waals surface area contributed by atoms with Crippen LogP contribution < -0.4 is 0 Å². The van der Waals surface area contributed by atoms with Gasteiger partial charge in [-0.05, 0) is 44.4 Å². The molecule has 0 saturated heterocycles. The predicted molar refractivity (Wildman–Crippen MR) is 268 cm³/mol. The van der Waals surface area contributed by atoms with Crippen LogP contribution in [0.15, 0.2) is 0 Å². The standard InChI is InChI=1S/C56H108O7/c57-54(58)48-42-36-30-24-18-12-6-1-4-10-16-22-28-34-40-46-53(47-41-35-29-23-17-11-5-2-7-13-19-25-31-37-43-49-55(59)60)52-63-51-45-39-33-27-21-15-9-3-8-14-20-26-32-38-44-50-56(61)62/h53H,1-52H2,(H,57,58)(H,59,60)(H,61,62). The Balaban J connectivity index is 3.99. The molecule has 0 rings (SSSR count). The zero-order valence-corrected chi connectivity index (χ0v) is 41.8. The lowest BCUT2D eigenvalue weighted by Gasteiger charge is -2.17. The first-order chi connectivity index (χ1) is 30.9. The van der Waals surface area contributed by atoms with Crippen molar-refractivity contribution in [1.29, 1.82) is 0 Å². The molecule has 3 N–H and O–H groups in total. The second-order valence-corrected chi connectivity index (χ2v) is 19.9. The maximum Gasteiger partial charge on any atom is 0.303 e. The van der Waals surface area contributed by atoms with Crippen LogP contribution in [0.25, 0.3) is 0 Å². The summed E-state index contributed by atoms with van der Waals surface area (Å²) in [5, 5.41) is 26.2. The number of carbonyl (C=O) groups is 3. The van der Waals surface area contributed by atoms with Crippen molar-refractivity contribution >= 4 is 17.9 Å². The molecule has 0 heterocycles. The summed E-state index contributed by atoms with van der Waals surface area (Å²) in [4.78, 5) is 31.8. The van der Waals surface area contributed by atoms with Crippen LogP contribution in [0.3, 0.4) is 0 Å². The molecule has 0 radical (unpaired) electrons. The first-order valence-electron chi connectivity index (χ1n) is 28.1. The minimum atomic E-state index is -0.661. The van der Waals surface area contributed by atoms with Gasteiger partial charge in [0.05, 0.1) is 0 Å². The fourth-order valence-corrected chi connectivity index (χ4v) is 9.35. The minimum absolute atomic E-state index is 0.328. The van der Waals surface area contributed by atoms with E-state index < -0.39 is 17.9 Å². The van der Waals surface area contributed by atoms with E-state index in [4.69, 9.17) is 20.1 Å². The van der Waals surface area contributed by atoms with Crippen molar-refractivity contribution in [2.45, 2.75) is 321 Å². The van der Waals surface area contributed by atoms with Gasteiger partial charge in [0.15, 0.2) is 0 Å². The Bertz CT molecular complexity index is 891. The van der Waals surface area contributed by atoms with E-state index in [9.17, 15) is 14.4 Å². The van der Waals surface area contributed by atoms with Crippen molar-refractivity contribution < 1.29 is 34.4 Å². The number of carboxylic acids is 3. The van der Waals surface area contributed by atoms with Crippen molar-refractivity contribution in [2.24, 2.45) is 5.92 Å². The molecule has 0 aliphatic heterocycles. The van der Waals surface area contributed by atoms with Crippen LogP contribution in [-0.2, 0) is 19.1 Å². The first-order valence-corrected chi connectivity index (χ1v) is 28.1. The van der Waals surface area contributed by atoms with E-state index >= 15 is 0 Å². The van der Waals surface area contributed by atoms with Crippen molar-refractivity contribution in [3.05, 3.63) is 0 Å². The summed E-state index contributed by atoms with van der Waals surface area (Å²) < 4.78 is 6.34. The molecule has 374 valence electrons. The Morgan fingerprint density at radius 2 is 0.429 bits per heavy atom. The minimum Gasteiger partial charge on any atom is -0.481 e. The molecule has 7 heteroatoms. The molecule has 0 aliphatic rings. The average Bonchev–Trinajstić information content (AvgIpc) is 3.25. The summed E-state index contributed by atoms with van der Waals surface area (Å²) in [5.41, 5.74) is 0. The maximum absolute atomic E-state index is 10.6. The molecule has 0 aliphatic carbocycles. The van der Waals surface area contributed by atoms with Gasteiger partial charge in [0.25, 0.3) is 0 Å². The summed E-state index contributed by atoms with van der Waals surface area (Å²) >= 11 is 0. The number of hydrogen-bond donors (Lipinski definition) is 3. The Morgan fingerprint density at radius 1 is 0.254 bits per heavy atom. The number of rotatable bonds is 56. The first kappa shape index (κ1) is 61.4. The van der Waals surface area contributed by atoms with Crippen LogP contribution in [0.4, 0.5) is 0 Å². The molecular formula is C56H108O7. The molecule has 0 bridgehead atoms. The van der Waals surface area contributed by atoms with E-state index in [1.807, 2.05) is 0 Å². The van der Waals surface area contributed by atoms with Crippen LogP contribution >= 0.6 is 0 Å². The van der Waals surface area contributed by atoms with Gasteiger partial charge in [-0.15, -0.1) is 0 Å². The highest BCUT2D eigenvalue weighted by atomic mass is 16.5. The van der Waals surface area contributed by atoms with Gasteiger partial charge in [-0.1, -0.05) is 263 Å². The Hall–Kier alpha value is -1.63. The SMILES string of the molecule is O=C(O)CCCCCCCCCCCCCCCCCOCC(CCCCCCCCCCCCCCCCCC(=O)O)CCCCCCCCCCCCCCCCCC(=O)O. The predicted octanol–water partition coefficient (Wildman–Crippen LogP) is 18.4. The fourth-order valence-electron chi connectivity index (χ4n) is 9.35. The van der Waals surface area contributed by atoms with Gasteiger partial charge < -0.3 is 20.1 Å². The van der Waals surface area contributed by atoms with E-state index in [1.165, 1.54) is 263 Å². The number of carboxylic acid groups (broad SMARTS) is 3. The van der Waals surface area contributed by atoms with Crippen LogP contribution in [0.2, 0.25) is 0 Å². The summed E-state index contributed by atoms with van der Waals surface area (Å²) in [5.74, 6) is -1.24. The molecule has 0 aromatic rings. The van der Waals surface area contributed by atoms with Gasteiger partial charge in [0.1, 0.15) is 0 Å². The van der Waals surface area contributed by atoms with Crippen molar-refractivity contribution in [1.82, 2.24) is 0 Å². The van der Waals surface area contributed by atoms with Crippen LogP contribution in [-0.4, -0.2) is 46.4 Å². The molecule has 63 heavy (non-hydrogen) atoms. The second kappa shape index (κ2) is 53.0. The largest absolute Gasteiger partial charge is 0.481 e. The molecule has 0 fully saturated rings. The van der Waals surface area contributed by atoms with Crippen molar-refractivity contribution in [3.63, 3.8) is 0 Å². The lowest BCUT2D eigenvalue weighted by atomic mass is 9.94. The third-order valence-electron chi connectivity index (χ3n) is 13.5. The second-order valence-electron chi connectivity index (χ2n) is 19.9. The van der Waals surface area contributed by atoms with E-state index in [1.54, 1.807) is 0 Å². The number of aliphatic carboxylic acids is 3. The molecule has 0 saturated carbocycles. The van der Waals surface area contributed by atoms with Gasteiger partial charge >= 0.3 is 17.9 Å². The molecule has 0 aromatic carbocycles. The Labute approximate surface area is 391 Å². The maximum atomic E-state index is 10.6. The molecule has 0 aromatic heterocycles. The summed E-state index contributed by atoms with van der Waals surface area (Å²) in [6.45, 7) is 1.92. The van der Waals surface area contributed by atoms with Crippen molar-refractivity contribution in [3.8, 4) is 0 Å². The smallest absolute Gasteiger partial charge is 0.303 e. The molecule has 7 nitrogen and oxygen atoms in total. The number of unbranched alkanes of at least 4 members (excludes halogenated alkanes) is 42. The van der Waals surface area contributed by atoms with Gasteiger partial charge in [-0.2, -0.15) is 0 Å². The summed E-state index contributed by atoms with van der Waals surface area (Å²) in [6.07, 6.45) is 61.8. The van der Waals surface area contributed by atoms with Gasteiger partial charge in [0.2, 0.25) is 0 Å². The van der Waals surface area contributed by atoms with E-state index in [2.05, 4.69) is 0 Å². The molecule has 0 amide bonds. The lowest BCUT2D eigenvalue weighted by Crippen LogP contribution is -2.11. The van der Waals surface area contributed by atoms with E-state index in [0.717, 1.165) is 57.7 Å². The summed E-state index contributed by atoms with van der Waals surface area (Å²) in [6, 6.07) is 0. The highest BCUT2D eigenvalue weighted by Gasteiger charge is 2.10. The van der Waals surface area contributed by atoms with E-state index in [0.29, 0.717) is 19.3 Å². The third kappa shape index (κ3) is 56.4. The Morgan fingerprint density at radius 3 is 0.635 bits per heavy atom. The highest BCUT2D eigenvalue weighted by molar-refractivity contribution is 5.67. The molecule has 0 spiro atoms. The topological polar surface area (TPSA) is 121 Å². The zero-order valence-electron chi connectivity index (χ0n) is 41.8. The zero-order chi connectivity index (χ0) is 45.8. The van der Waals surface area contributed by atoms with Crippen molar-refractivity contribution in [2.75, 3.05) is 13.2 Å². The fraction of sp³-hybridized carbons (Fsp3) is 0.946. The average molecular weight is 893 g/mol. The highest BCUT2D eigenvalue weighted by Crippen LogP contribution is 2.22. The number of hydrogen-bond acceptors (Lipinski definition) is 4. The molecule has 0 atom stereocenters. The van der Waals surface area contributed by atoms with Crippen LogP contribution in [0.1, 0.15) is 321 Å². The lowest BCUT2D eigenvalue weighted by molar-refractivity contribution is -0.138. The van der Waals surface area contributed by atoms with Gasteiger partial charge in [0, 0.05) is 32.5 Å². The normalized spacial score (nSPS) is 11.6. The van der Waals surface area contributed by atoms with Gasteiger partial charge in [-0.3, -0.25) is 14.4 Å². The number of ether oxygens (including phenoxy) is 1. The quantitative estimate of drug-likeness (QED) is 0.0520. The van der Waals surface area contributed by atoms with Crippen LogP contribution in [0, 0.1) is 5.92 Å². The van der Waals surface area contributed by atoms with Gasteiger partial charge in [-0.25, -0.2) is 0 Å². The van der Waals surface area contributed by atoms with Crippen LogP contribution in [0.5, 0.6) is 0 Å². The Kier molecular flexibility index (Phi) is 51.6. The molecule has 0 unspecified atom stereocenters. The monoisotopic (exact) mass is 893 g/mol.